The fourth-order valence-corrected chi connectivity index (χ4v) is 3.09. The Labute approximate surface area is 108 Å². The third-order valence-electron chi connectivity index (χ3n) is 2.75. The summed E-state index contributed by atoms with van der Waals surface area (Å²) in [7, 11) is -3.52. The molecule has 3 N–H and O–H groups in total. The number of likely N-dealkylation sites (N-methyl/N-ethyl adjacent to an activating group) is 1. The van der Waals surface area contributed by atoms with Crippen molar-refractivity contribution >= 4 is 10.0 Å². The van der Waals surface area contributed by atoms with E-state index >= 15 is 0 Å². The lowest BCUT2D eigenvalue weighted by atomic mass is 10.1. The lowest BCUT2D eigenvalue weighted by molar-refractivity contribution is 0.257. The SMILES string of the molecule is CCN(CCO)S(=O)(=O)c1ccc(C(C)N)cc1. The number of benzene rings is 1. The topological polar surface area (TPSA) is 83.6 Å². The molecule has 102 valence electrons. The highest BCUT2D eigenvalue weighted by Crippen LogP contribution is 2.18. The van der Waals surface area contributed by atoms with Gasteiger partial charge in [-0.05, 0) is 24.6 Å². The smallest absolute Gasteiger partial charge is 0.243 e. The molecule has 18 heavy (non-hydrogen) atoms. The molecule has 1 aromatic carbocycles. The van der Waals surface area contributed by atoms with E-state index < -0.39 is 10.0 Å². The summed E-state index contributed by atoms with van der Waals surface area (Å²) in [5, 5.41) is 8.87. The van der Waals surface area contributed by atoms with E-state index in [0.717, 1.165) is 5.56 Å². The Bertz CT molecular complexity index is 469. The highest BCUT2D eigenvalue weighted by Gasteiger charge is 2.22. The molecule has 1 rings (SSSR count). The highest BCUT2D eigenvalue weighted by atomic mass is 32.2. The van der Waals surface area contributed by atoms with Gasteiger partial charge in [-0.25, -0.2) is 8.42 Å². The summed E-state index contributed by atoms with van der Waals surface area (Å²) >= 11 is 0. The molecule has 0 radical (unpaired) electrons. The average molecular weight is 272 g/mol. The summed E-state index contributed by atoms with van der Waals surface area (Å²) in [5.74, 6) is 0. The van der Waals surface area contributed by atoms with Crippen molar-refractivity contribution in [3.63, 3.8) is 0 Å². The van der Waals surface area contributed by atoms with Gasteiger partial charge in [0.25, 0.3) is 0 Å². The van der Waals surface area contributed by atoms with Crippen LogP contribution in [-0.2, 0) is 10.0 Å². The van der Waals surface area contributed by atoms with E-state index in [9.17, 15) is 8.42 Å². The molecule has 0 saturated carbocycles. The summed E-state index contributed by atoms with van der Waals surface area (Å²) in [6.07, 6.45) is 0. The monoisotopic (exact) mass is 272 g/mol. The summed E-state index contributed by atoms with van der Waals surface area (Å²) < 4.78 is 25.7. The standard InChI is InChI=1S/C12H20N2O3S/c1-3-14(8-9-15)18(16,17)12-6-4-11(5-7-12)10(2)13/h4-7,10,15H,3,8-9,13H2,1-2H3. The first-order valence-corrected chi connectivity index (χ1v) is 7.34. The van der Waals surface area contributed by atoms with Crippen LogP contribution in [0, 0.1) is 0 Å². The molecule has 6 heteroatoms. The zero-order valence-electron chi connectivity index (χ0n) is 10.7. The first-order valence-electron chi connectivity index (χ1n) is 5.90. The van der Waals surface area contributed by atoms with Crippen molar-refractivity contribution in [1.82, 2.24) is 4.31 Å². The Morgan fingerprint density at radius 1 is 1.33 bits per heavy atom. The van der Waals surface area contributed by atoms with Crippen molar-refractivity contribution in [3.05, 3.63) is 29.8 Å². The van der Waals surface area contributed by atoms with Crippen LogP contribution in [0.2, 0.25) is 0 Å². The molecule has 0 bridgehead atoms. The third kappa shape index (κ3) is 3.29. The van der Waals surface area contributed by atoms with Gasteiger partial charge in [-0.3, -0.25) is 0 Å². The quantitative estimate of drug-likeness (QED) is 0.799. The van der Waals surface area contributed by atoms with Gasteiger partial charge in [0, 0.05) is 19.1 Å². The lowest BCUT2D eigenvalue weighted by Crippen LogP contribution is -2.33. The van der Waals surface area contributed by atoms with Gasteiger partial charge >= 0.3 is 0 Å². The van der Waals surface area contributed by atoms with E-state index in [1.165, 1.54) is 4.31 Å². The van der Waals surface area contributed by atoms with Crippen LogP contribution in [0.15, 0.2) is 29.2 Å². The fourth-order valence-electron chi connectivity index (χ4n) is 1.65. The number of sulfonamides is 1. The van der Waals surface area contributed by atoms with Gasteiger partial charge in [-0.1, -0.05) is 19.1 Å². The fraction of sp³-hybridized carbons (Fsp3) is 0.500. The Hall–Kier alpha value is -0.950. The molecule has 1 atom stereocenters. The molecule has 0 heterocycles. The zero-order valence-corrected chi connectivity index (χ0v) is 11.5. The number of hydrogen-bond donors (Lipinski definition) is 2. The second-order valence-electron chi connectivity index (χ2n) is 4.08. The van der Waals surface area contributed by atoms with Gasteiger partial charge in [-0.15, -0.1) is 0 Å². The lowest BCUT2D eigenvalue weighted by Gasteiger charge is -2.19. The van der Waals surface area contributed by atoms with Crippen molar-refractivity contribution in [2.45, 2.75) is 24.8 Å². The predicted molar refractivity (Wildman–Crippen MR) is 70.6 cm³/mol. The van der Waals surface area contributed by atoms with Crippen LogP contribution >= 0.6 is 0 Å². The molecule has 5 nitrogen and oxygen atoms in total. The number of hydrogen-bond acceptors (Lipinski definition) is 4. The maximum atomic E-state index is 12.2. The van der Waals surface area contributed by atoms with Crippen LogP contribution < -0.4 is 5.73 Å². The zero-order chi connectivity index (χ0) is 13.8. The maximum Gasteiger partial charge on any atom is 0.243 e. The molecule has 0 amide bonds. The van der Waals surface area contributed by atoms with E-state index in [4.69, 9.17) is 10.8 Å². The highest BCUT2D eigenvalue weighted by molar-refractivity contribution is 7.89. The first-order chi connectivity index (χ1) is 8.43. The van der Waals surface area contributed by atoms with Crippen LogP contribution in [0.3, 0.4) is 0 Å². The number of aliphatic hydroxyl groups excluding tert-OH is 1. The van der Waals surface area contributed by atoms with Crippen molar-refractivity contribution < 1.29 is 13.5 Å². The van der Waals surface area contributed by atoms with E-state index in [0.29, 0.717) is 6.54 Å². The first kappa shape index (κ1) is 15.1. The van der Waals surface area contributed by atoms with Crippen molar-refractivity contribution in [2.24, 2.45) is 5.73 Å². The molecule has 1 aromatic rings. The van der Waals surface area contributed by atoms with Gasteiger partial charge in [0.2, 0.25) is 10.0 Å². The van der Waals surface area contributed by atoms with E-state index in [2.05, 4.69) is 0 Å². The summed E-state index contributed by atoms with van der Waals surface area (Å²) in [5.41, 5.74) is 6.60. The van der Waals surface area contributed by atoms with E-state index in [1.54, 1.807) is 31.2 Å². The van der Waals surface area contributed by atoms with Gasteiger partial charge < -0.3 is 10.8 Å². The minimum Gasteiger partial charge on any atom is -0.395 e. The number of aliphatic hydroxyl groups is 1. The number of nitrogens with zero attached hydrogens (tertiary/aromatic N) is 1. The summed E-state index contributed by atoms with van der Waals surface area (Å²) in [4.78, 5) is 0.224. The van der Waals surface area contributed by atoms with Gasteiger partial charge in [0.15, 0.2) is 0 Å². The molecule has 0 saturated heterocycles. The van der Waals surface area contributed by atoms with E-state index in [1.807, 2.05) is 6.92 Å². The average Bonchev–Trinajstić information content (AvgIpc) is 2.35. The Morgan fingerprint density at radius 2 is 1.89 bits per heavy atom. The molecule has 0 aromatic heterocycles. The second kappa shape index (κ2) is 6.29. The maximum absolute atomic E-state index is 12.2. The van der Waals surface area contributed by atoms with Crippen molar-refractivity contribution in [2.75, 3.05) is 19.7 Å². The van der Waals surface area contributed by atoms with Gasteiger partial charge in [0.05, 0.1) is 11.5 Å². The number of nitrogens with two attached hydrogens (primary N) is 1. The molecule has 0 fully saturated rings. The second-order valence-corrected chi connectivity index (χ2v) is 6.02. The third-order valence-corrected chi connectivity index (χ3v) is 4.73. The molecule has 1 unspecified atom stereocenters. The molecule has 0 aliphatic carbocycles. The molecule has 0 aliphatic rings. The van der Waals surface area contributed by atoms with Crippen molar-refractivity contribution in [1.29, 1.82) is 0 Å². The van der Waals surface area contributed by atoms with Crippen LogP contribution in [0.25, 0.3) is 0 Å². The van der Waals surface area contributed by atoms with Gasteiger partial charge in [0.1, 0.15) is 0 Å². The predicted octanol–water partition coefficient (Wildman–Crippen LogP) is 0.709. The Balaban J connectivity index is 3.04. The van der Waals surface area contributed by atoms with Crippen LogP contribution in [0.5, 0.6) is 0 Å². The molecule has 0 aliphatic heterocycles. The number of rotatable bonds is 6. The minimum atomic E-state index is -3.52. The van der Waals surface area contributed by atoms with Crippen molar-refractivity contribution in [3.8, 4) is 0 Å². The molecule has 0 spiro atoms. The van der Waals surface area contributed by atoms with Crippen LogP contribution in [0.1, 0.15) is 25.5 Å². The van der Waals surface area contributed by atoms with Crippen LogP contribution in [-0.4, -0.2) is 37.5 Å². The van der Waals surface area contributed by atoms with Gasteiger partial charge in [-0.2, -0.15) is 4.31 Å². The Morgan fingerprint density at radius 3 is 2.28 bits per heavy atom. The summed E-state index contributed by atoms with van der Waals surface area (Å²) in [6, 6.07) is 6.40. The largest absolute Gasteiger partial charge is 0.395 e. The minimum absolute atomic E-state index is 0.105. The normalized spacial score (nSPS) is 13.8. The molecular formula is C12H20N2O3S. The Kier molecular flexibility index (Phi) is 5.28. The van der Waals surface area contributed by atoms with E-state index in [-0.39, 0.29) is 24.1 Å². The summed E-state index contributed by atoms with van der Waals surface area (Å²) in [6.45, 7) is 3.83. The van der Waals surface area contributed by atoms with Crippen LogP contribution in [0.4, 0.5) is 0 Å². The molecular weight excluding hydrogens is 252 g/mol.